The summed E-state index contributed by atoms with van der Waals surface area (Å²) in [6, 6.07) is 7.50. The molecule has 2 aromatic rings. The van der Waals surface area contributed by atoms with Crippen LogP contribution in [0.15, 0.2) is 28.8 Å². The average Bonchev–Trinajstić information content (AvgIpc) is 3.15. The molecule has 4 rings (SSSR count). The van der Waals surface area contributed by atoms with Crippen LogP contribution < -0.4 is 9.64 Å². The van der Waals surface area contributed by atoms with Gasteiger partial charge in [-0.15, -0.1) is 0 Å². The lowest BCUT2D eigenvalue weighted by atomic mass is 10.1. The van der Waals surface area contributed by atoms with Crippen molar-refractivity contribution < 1.29 is 14.1 Å². The average molecular weight is 299 g/mol. The standard InChI is InChI=1S/C16H17N3O3/c1-21-13-6-4-12(5-7-13)19-9-11(8-14(19)20)15-17-16(22-18-15)10-2-3-10/h4-7,10-11H,2-3,8-9H2,1H3/t11-/m1/s1. The number of methoxy groups -OCH3 is 1. The van der Waals surface area contributed by atoms with Crippen LogP contribution in [-0.2, 0) is 4.79 Å². The Hall–Kier alpha value is -2.37. The fraction of sp³-hybridized carbons (Fsp3) is 0.438. The highest BCUT2D eigenvalue weighted by Gasteiger charge is 2.36. The fourth-order valence-electron chi connectivity index (χ4n) is 2.80. The number of aromatic nitrogens is 2. The van der Waals surface area contributed by atoms with E-state index >= 15 is 0 Å². The van der Waals surface area contributed by atoms with Gasteiger partial charge in [-0.1, -0.05) is 5.16 Å². The Morgan fingerprint density at radius 2 is 2.00 bits per heavy atom. The summed E-state index contributed by atoms with van der Waals surface area (Å²) in [7, 11) is 1.62. The highest BCUT2D eigenvalue weighted by atomic mass is 16.5. The second-order valence-corrected chi connectivity index (χ2v) is 5.87. The second-order valence-electron chi connectivity index (χ2n) is 5.87. The van der Waals surface area contributed by atoms with Crippen LogP contribution in [0.25, 0.3) is 0 Å². The lowest BCUT2D eigenvalue weighted by Gasteiger charge is -2.16. The summed E-state index contributed by atoms with van der Waals surface area (Å²) in [5.41, 5.74) is 0.874. The molecular weight excluding hydrogens is 282 g/mol. The Balaban J connectivity index is 1.51. The molecule has 1 atom stereocenters. The molecule has 0 unspecified atom stereocenters. The Morgan fingerprint density at radius 3 is 2.68 bits per heavy atom. The topological polar surface area (TPSA) is 68.5 Å². The van der Waals surface area contributed by atoms with Crippen LogP contribution in [-0.4, -0.2) is 29.7 Å². The lowest BCUT2D eigenvalue weighted by Crippen LogP contribution is -2.24. The predicted octanol–water partition coefficient (Wildman–Crippen LogP) is 2.48. The molecule has 2 fully saturated rings. The van der Waals surface area contributed by atoms with E-state index in [1.807, 2.05) is 24.3 Å². The van der Waals surface area contributed by atoms with Gasteiger partial charge in [0.05, 0.1) is 7.11 Å². The van der Waals surface area contributed by atoms with Crippen LogP contribution in [0.3, 0.4) is 0 Å². The molecule has 1 saturated carbocycles. The van der Waals surface area contributed by atoms with E-state index in [9.17, 15) is 4.79 Å². The number of amides is 1. The largest absolute Gasteiger partial charge is 0.497 e. The van der Waals surface area contributed by atoms with Gasteiger partial charge < -0.3 is 14.2 Å². The van der Waals surface area contributed by atoms with Crippen molar-refractivity contribution in [3.8, 4) is 5.75 Å². The van der Waals surface area contributed by atoms with Crippen LogP contribution in [0.1, 0.15) is 42.8 Å². The highest BCUT2D eigenvalue weighted by Crippen LogP contribution is 2.40. The van der Waals surface area contributed by atoms with Gasteiger partial charge >= 0.3 is 0 Å². The van der Waals surface area contributed by atoms with E-state index in [4.69, 9.17) is 9.26 Å². The summed E-state index contributed by atoms with van der Waals surface area (Å²) >= 11 is 0. The van der Waals surface area contributed by atoms with Gasteiger partial charge in [-0.25, -0.2) is 0 Å². The van der Waals surface area contributed by atoms with Crippen LogP contribution in [0, 0.1) is 0 Å². The third-order valence-electron chi connectivity index (χ3n) is 4.26. The quantitative estimate of drug-likeness (QED) is 0.867. The van der Waals surface area contributed by atoms with Crippen LogP contribution in [0.4, 0.5) is 5.69 Å². The summed E-state index contributed by atoms with van der Waals surface area (Å²) in [4.78, 5) is 18.5. The molecule has 6 nitrogen and oxygen atoms in total. The number of anilines is 1. The number of benzene rings is 1. The minimum Gasteiger partial charge on any atom is -0.497 e. The van der Waals surface area contributed by atoms with Crippen molar-refractivity contribution in [1.82, 2.24) is 10.1 Å². The summed E-state index contributed by atoms with van der Waals surface area (Å²) < 4.78 is 10.4. The molecule has 1 amide bonds. The molecule has 0 bridgehead atoms. The van der Waals surface area contributed by atoms with Gasteiger partial charge in [0.25, 0.3) is 0 Å². The number of ether oxygens (including phenoxy) is 1. The van der Waals surface area contributed by atoms with E-state index in [0.717, 1.165) is 30.2 Å². The molecular formula is C16H17N3O3. The van der Waals surface area contributed by atoms with Gasteiger partial charge in [0, 0.05) is 30.5 Å². The molecule has 0 N–H and O–H groups in total. The molecule has 0 spiro atoms. The van der Waals surface area contributed by atoms with Gasteiger partial charge in [-0.2, -0.15) is 4.98 Å². The maximum Gasteiger partial charge on any atom is 0.229 e. The number of hydrogen-bond donors (Lipinski definition) is 0. The Kier molecular flexibility index (Phi) is 3.10. The first kappa shape index (κ1) is 13.3. The molecule has 2 aliphatic rings. The van der Waals surface area contributed by atoms with E-state index in [1.165, 1.54) is 0 Å². The van der Waals surface area contributed by atoms with Gasteiger partial charge in [-0.05, 0) is 37.1 Å². The molecule has 1 aromatic heterocycles. The van der Waals surface area contributed by atoms with Crippen molar-refractivity contribution in [2.75, 3.05) is 18.6 Å². The molecule has 114 valence electrons. The maximum atomic E-state index is 12.3. The molecule has 1 aliphatic carbocycles. The first-order valence-corrected chi connectivity index (χ1v) is 7.52. The third-order valence-corrected chi connectivity index (χ3v) is 4.26. The minimum atomic E-state index is 0.00542. The van der Waals surface area contributed by atoms with E-state index in [1.54, 1.807) is 12.0 Å². The number of hydrogen-bond acceptors (Lipinski definition) is 5. The maximum absolute atomic E-state index is 12.3. The second kappa shape index (κ2) is 5.12. The van der Waals surface area contributed by atoms with Gasteiger partial charge in [0.2, 0.25) is 11.8 Å². The van der Waals surface area contributed by atoms with E-state index < -0.39 is 0 Å². The SMILES string of the molecule is COc1ccc(N2C[C@H](c3noc(C4CC4)n3)CC2=O)cc1. The Labute approximate surface area is 128 Å². The summed E-state index contributed by atoms with van der Waals surface area (Å²) in [6.07, 6.45) is 2.68. The summed E-state index contributed by atoms with van der Waals surface area (Å²) in [6.45, 7) is 0.592. The van der Waals surface area contributed by atoms with E-state index in [-0.39, 0.29) is 11.8 Å². The third kappa shape index (κ3) is 2.34. The van der Waals surface area contributed by atoms with Crippen molar-refractivity contribution in [3.63, 3.8) is 0 Å². The van der Waals surface area contributed by atoms with Crippen LogP contribution in [0.2, 0.25) is 0 Å². The molecule has 1 aliphatic heterocycles. The molecule has 22 heavy (non-hydrogen) atoms. The number of carbonyl (C=O) groups excluding carboxylic acids is 1. The monoisotopic (exact) mass is 299 g/mol. The normalized spacial score (nSPS) is 21.4. The zero-order chi connectivity index (χ0) is 15.1. The van der Waals surface area contributed by atoms with Crippen molar-refractivity contribution >= 4 is 11.6 Å². The Bertz CT molecular complexity index is 691. The Morgan fingerprint density at radius 1 is 1.23 bits per heavy atom. The van der Waals surface area contributed by atoms with Crippen molar-refractivity contribution in [2.24, 2.45) is 0 Å². The summed E-state index contributed by atoms with van der Waals surface area (Å²) in [5.74, 6) is 2.70. The zero-order valence-electron chi connectivity index (χ0n) is 12.4. The van der Waals surface area contributed by atoms with Gasteiger partial charge in [0.1, 0.15) is 5.75 Å². The fourth-order valence-corrected chi connectivity index (χ4v) is 2.80. The van der Waals surface area contributed by atoms with Gasteiger partial charge in [0.15, 0.2) is 5.82 Å². The number of nitrogens with zero attached hydrogens (tertiary/aromatic N) is 3. The van der Waals surface area contributed by atoms with E-state index in [2.05, 4.69) is 10.1 Å². The van der Waals surface area contributed by atoms with Crippen molar-refractivity contribution in [1.29, 1.82) is 0 Å². The molecule has 1 saturated heterocycles. The highest BCUT2D eigenvalue weighted by molar-refractivity contribution is 5.96. The molecule has 0 radical (unpaired) electrons. The summed E-state index contributed by atoms with van der Waals surface area (Å²) in [5, 5.41) is 4.06. The molecule has 2 heterocycles. The van der Waals surface area contributed by atoms with Crippen LogP contribution >= 0.6 is 0 Å². The number of carbonyl (C=O) groups is 1. The van der Waals surface area contributed by atoms with Crippen molar-refractivity contribution in [3.05, 3.63) is 36.0 Å². The van der Waals surface area contributed by atoms with Crippen molar-refractivity contribution in [2.45, 2.75) is 31.1 Å². The minimum absolute atomic E-state index is 0.00542. The molecule has 6 heteroatoms. The zero-order valence-corrected chi connectivity index (χ0v) is 12.4. The van der Waals surface area contributed by atoms with Gasteiger partial charge in [-0.3, -0.25) is 4.79 Å². The van der Waals surface area contributed by atoms with E-state index in [0.29, 0.717) is 24.7 Å². The van der Waals surface area contributed by atoms with Crippen LogP contribution in [0.5, 0.6) is 5.75 Å². The first-order valence-electron chi connectivity index (χ1n) is 7.52. The lowest BCUT2D eigenvalue weighted by molar-refractivity contribution is -0.117. The smallest absolute Gasteiger partial charge is 0.229 e. The first-order chi connectivity index (χ1) is 10.7. The predicted molar refractivity (Wildman–Crippen MR) is 79.0 cm³/mol. The molecule has 1 aromatic carbocycles. The number of rotatable bonds is 4.